The summed E-state index contributed by atoms with van der Waals surface area (Å²) in [4.78, 5) is 13.7. The molecule has 2 fully saturated rings. The molecular weight excluding hydrogens is 208 g/mol. The normalized spacial score (nSPS) is 26.7. The van der Waals surface area contributed by atoms with Crippen LogP contribution >= 0.6 is 11.8 Å². The average molecular weight is 228 g/mol. The van der Waals surface area contributed by atoms with Crippen molar-refractivity contribution < 1.29 is 4.79 Å². The second kappa shape index (κ2) is 5.64. The summed E-state index contributed by atoms with van der Waals surface area (Å²) in [6.45, 7) is 2.78. The number of thioether (sulfide) groups is 1. The molecule has 0 radical (unpaired) electrons. The Morgan fingerprint density at radius 1 is 1.33 bits per heavy atom. The first-order valence-electron chi connectivity index (χ1n) is 5.97. The van der Waals surface area contributed by atoms with Gasteiger partial charge in [-0.1, -0.05) is 0 Å². The SMILES string of the molecule is O=C(NCC1CCSC1)N1CCCCC1. The van der Waals surface area contributed by atoms with Gasteiger partial charge in [0.2, 0.25) is 0 Å². The number of piperidine rings is 1. The van der Waals surface area contributed by atoms with Gasteiger partial charge in [-0.05, 0) is 43.1 Å². The molecule has 4 heteroatoms. The van der Waals surface area contributed by atoms with Crippen molar-refractivity contribution in [1.29, 1.82) is 0 Å². The van der Waals surface area contributed by atoms with Crippen molar-refractivity contribution >= 4 is 17.8 Å². The number of hydrogen-bond acceptors (Lipinski definition) is 2. The molecule has 1 N–H and O–H groups in total. The van der Waals surface area contributed by atoms with Crippen molar-refractivity contribution in [2.75, 3.05) is 31.1 Å². The van der Waals surface area contributed by atoms with Crippen LogP contribution in [0, 0.1) is 5.92 Å². The van der Waals surface area contributed by atoms with Gasteiger partial charge in [-0.3, -0.25) is 0 Å². The van der Waals surface area contributed by atoms with Gasteiger partial charge < -0.3 is 10.2 Å². The van der Waals surface area contributed by atoms with Crippen LogP contribution in [0.25, 0.3) is 0 Å². The van der Waals surface area contributed by atoms with E-state index < -0.39 is 0 Å². The summed E-state index contributed by atoms with van der Waals surface area (Å²) in [5, 5.41) is 3.07. The first-order valence-corrected chi connectivity index (χ1v) is 7.12. The Morgan fingerprint density at radius 2 is 2.13 bits per heavy atom. The maximum absolute atomic E-state index is 11.8. The van der Waals surface area contributed by atoms with E-state index in [1.54, 1.807) is 0 Å². The van der Waals surface area contributed by atoms with E-state index in [0.717, 1.165) is 19.6 Å². The van der Waals surface area contributed by atoms with E-state index in [4.69, 9.17) is 0 Å². The zero-order valence-corrected chi connectivity index (χ0v) is 10.0. The Labute approximate surface area is 96.0 Å². The van der Waals surface area contributed by atoms with Crippen molar-refractivity contribution in [1.82, 2.24) is 10.2 Å². The fraction of sp³-hybridized carbons (Fsp3) is 0.909. The van der Waals surface area contributed by atoms with Crippen LogP contribution in [0.1, 0.15) is 25.7 Å². The first kappa shape index (κ1) is 11.1. The lowest BCUT2D eigenvalue weighted by atomic mass is 10.1. The minimum atomic E-state index is 0.159. The number of carbonyl (C=O) groups excluding carboxylic acids is 1. The molecule has 0 saturated carbocycles. The topological polar surface area (TPSA) is 32.3 Å². The molecule has 86 valence electrons. The fourth-order valence-corrected chi connectivity index (χ4v) is 3.47. The molecule has 0 spiro atoms. The molecule has 15 heavy (non-hydrogen) atoms. The van der Waals surface area contributed by atoms with E-state index in [0.29, 0.717) is 5.92 Å². The zero-order chi connectivity index (χ0) is 10.5. The molecule has 1 unspecified atom stereocenters. The Kier molecular flexibility index (Phi) is 4.18. The second-order valence-corrected chi connectivity index (χ2v) is 5.61. The lowest BCUT2D eigenvalue weighted by Gasteiger charge is -2.27. The van der Waals surface area contributed by atoms with Crippen molar-refractivity contribution in [3.63, 3.8) is 0 Å². The Balaban J connectivity index is 1.66. The predicted molar refractivity (Wildman–Crippen MR) is 64.3 cm³/mol. The molecule has 0 bridgehead atoms. The molecule has 2 aliphatic rings. The number of urea groups is 1. The van der Waals surface area contributed by atoms with Crippen LogP contribution in [0.2, 0.25) is 0 Å². The highest BCUT2D eigenvalue weighted by Crippen LogP contribution is 2.22. The third kappa shape index (κ3) is 3.30. The van der Waals surface area contributed by atoms with Crippen molar-refractivity contribution in [3.8, 4) is 0 Å². The van der Waals surface area contributed by atoms with Crippen molar-refractivity contribution in [2.45, 2.75) is 25.7 Å². The van der Waals surface area contributed by atoms with E-state index in [2.05, 4.69) is 5.32 Å². The lowest BCUT2D eigenvalue weighted by Crippen LogP contribution is -2.44. The highest BCUT2D eigenvalue weighted by molar-refractivity contribution is 7.99. The highest BCUT2D eigenvalue weighted by atomic mass is 32.2. The quantitative estimate of drug-likeness (QED) is 0.783. The van der Waals surface area contributed by atoms with Gasteiger partial charge in [0.15, 0.2) is 0 Å². The number of hydrogen-bond donors (Lipinski definition) is 1. The minimum Gasteiger partial charge on any atom is -0.338 e. The van der Waals surface area contributed by atoms with Crippen LogP contribution in [-0.4, -0.2) is 42.1 Å². The van der Waals surface area contributed by atoms with Gasteiger partial charge in [0, 0.05) is 19.6 Å². The van der Waals surface area contributed by atoms with Crippen LogP contribution < -0.4 is 5.32 Å². The molecule has 2 rings (SSSR count). The summed E-state index contributed by atoms with van der Waals surface area (Å²) in [6.07, 6.45) is 4.90. The summed E-state index contributed by atoms with van der Waals surface area (Å²) in [6, 6.07) is 0.159. The Hall–Kier alpha value is -0.380. The van der Waals surface area contributed by atoms with Crippen LogP contribution in [0.15, 0.2) is 0 Å². The summed E-state index contributed by atoms with van der Waals surface area (Å²) >= 11 is 2.00. The van der Waals surface area contributed by atoms with E-state index in [9.17, 15) is 4.79 Å². The number of rotatable bonds is 2. The van der Waals surface area contributed by atoms with Gasteiger partial charge in [0.25, 0.3) is 0 Å². The molecule has 0 aromatic carbocycles. The van der Waals surface area contributed by atoms with E-state index in [1.165, 1.54) is 37.2 Å². The molecule has 3 nitrogen and oxygen atoms in total. The largest absolute Gasteiger partial charge is 0.338 e. The van der Waals surface area contributed by atoms with Gasteiger partial charge >= 0.3 is 6.03 Å². The number of carbonyl (C=O) groups is 1. The summed E-state index contributed by atoms with van der Waals surface area (Å²) in [5.41, 5.74) is 0. The van der Waals surface area contributed by atoms with Crippen molar-refractivity contribution in [2.24, 2.45) is 5.92 Å². The van der Waals surface area contributed by atoms with Gasteiger partial charge in [-0.2, -0.15) is 11.8 Å². The molecule has 2 saturated heterocycles. The molecule has 0 aliphatic carbocycles. The Bertz CT molecular complexity index is 211. The maximum atomic E-state index is 11.8. The van der Waals surface area contributed by atoms with Gasteiger partial charge in [-0.15, -0.1) is 0 Å². The number of likely N-dealkylation sites (tertiary alicyclic amines) is 1. The Morgan fingerprint density at radius 3 is 2.80 bits per heavy atom. The highest BCUT2D eigenvalue weighted by Gasteiger charge is 2.19. The molecule has 2 amide bonds. The molecule has 0 aromatic heterocycles. The van der Waals surface area contributed by atoms with E-state index in [1.807, 2.05) is 16.7 Å². The first-order chi connectivity index (χ1) is 7.36. The second-order valence-electron chi connectivity index (χ2n) is 4.46. The molecular formula is C11H20N2OS. The number of amides is 2. The van der Waals surface area contributed by atoms with Crippen LogP contribution in [0.3, 0.4) is 0 Å². The van der Waals surface area contributed by atoms with Crippen LogP contribution in [0.5, 0.6) is 0 Å². The third-order valence-corrected chi connectivity index (χ3v) is 4.44. The lowest BCUT2D eigenvalue weighted by molar-refractivity contribution is 0.185. The van der Waals surface area contributed by atoms with Crippen molar-refractivity contribution in [3.05, 3.63) is 0 Å². The standard InChI is InChI=1S/C11H20N2OS/c14-11(13-5-2-1-3-6-13)12-8-10-4-7-15-9-10/h10H,1-9H2,(H,12,14). The van der Waals surface area contributed by atoms with E-state index in [-0.39, 0.29) is 6.03 Å². The average Bonchev–Trinajstić information content (AvgIpc) is 2.80. The predicted octanol–water partition coefficient (Wildman–Crippen LogP) is 1.94. The van der Waals surface area contributed by atoms with Gasteiger partial charge in [-0.25, -0.2) is 4.79 Å². The maximum Gasteiger partial charge on any atom is 0.317 e. The van der Waals surface area contributed by atoms with Gasteiger partial charge in [0.1, 0.15) is 0 Å². The van der Waals surface area contributed by atoms with E-state index >= 15 is 0 Å². The summed E-state index contributed by atoms with van der Waals surface area (Å²) < 4.78 is 0. The third-order valence-electron chi connectivity index (χ3n) is 3.21. The van der Waals surface area contributed by atoms with Crippen LogP contribution in [0.4, 0.5) is 4.79 Å². The number of nitrogens with one attached hydrogen (secondary N) is 1. The van der Waals surface area contributed by atoms with Crippen LogP contribution in [-0.2, 0) is 0 Å². The zero-order valence-electron chi connectivity index (χ0n) is 9.21. The molecule has 1 atom stereocenters. The molecule has 0 aromatic rings. The molecule has 2 heterocycles. The molecule has 2 aliphatic heterocycles. The fourth-order valence-electron chi connectivity index (χ4n) is 2.18. The smallest absolute Gasteiger partial charge is 0.317 e. The number of nitrogens with zero attached hydrogens (tertiary/aromatic N) is 1. The minimum absolute atomic E-state index is 0.159. The summed E-state index contributed by atoms with van der Waals surface area (Å²) in [5.74, 6) is 3.20. The monoisotopic (exact) mass is 228 g/mol. The summed E-state index contributed by atoms with van der Waals surface area (Å²) in [7, 11) is 0. The van der Waals surface area contributed by atoms with Gasteiger partial charge in [0.05, 0.1) is 0 Å².